The lowest BCUT2D eigenvalue weighted by molar-refractivity contribution is 0.398. The minimum absolute atomic E-state index is 0.438. The van der Waals surface area contributed by atoms with Crippen molar-refractivity contribution in [3.8, 4) is 17.0 Å². The zero-order chi connectivity index (χ0) is 14.5. The van der Waals surface area contributed by atoms with Crippen LogP contribution in [-0.2, 0) is 6.54 Å². The van der Waals surface area contributed by atoms with Crippen LogP contribution in [0.25, 0.3) is 11.1 Å². The van der Waals surface area contributed by atoms with Crippen molar-refractivity contribution in [1.82, 2.24) is 10.3 Å². The van der Waals surface area contributed by atoms with E-state index in [1.54, 1.807) is 7.11 Å². The number of hydrogen-bond acceptors (Lipinski definition) is 3. The molecule has 0 bridgehead atoms. The molecule has 2 aromatic rings. The first-order valence-electron chi connectivity index (χ1n) is 6.62. The molecule has 1 heterocycles. The van der Waals surface area contributed by atoms with E-state index in [-0.39, 0.29) is 0 Å². The number of halogens is 1. The van der Waals surface area contributed by atoms with Gasteiger partial charge in [0.2, 0.25) is 5.88 Å². The van der Waals surface area contributed by atoms with Crippen molar-refractivity contribution >= 4 is 11.6 Å². The fraction of sp³-hybridized carbons (Fsp3) is 0.312. The highest BCUT2D eigenvalue weighted by atomic mass is 35.5. The topological polar surface area (TPSA) is 34.1 Å². The summed E-state index contributed by atoms with van der Waals surface area (Å²) in [5.74, 6) is 0.609. The first-order chi connectivity index (χ1) is 9.60. The van der Waals surface area contributed by atoms with Crippen LogP contribution in [0.15, 0.2) is 36.5 Å². The fourth-order valence-electron chi connectivity index (χ4n) is 1.95. The first kappa shape index (κ1) is 14.8. The highest BCUT2D eigenvalue weighted by Crippen LogP contribution is 2.27. The van der Waals surface area contributed by atoms with E-state index in [1.807, 2.05) is 30.5 Å². The van der Waals surface area contributed by atoms with E-state index in [2.05, 4.69) is 30.2 Å². The Kier molecular flexibility index (Phi) is 4.99. The standard InChI is InChI=1S/C16H19ClN2O/c1-11(2)18-9-12-4-6-14(17)8-15(12)13-5-7-16(20-3)19-10-13/h4-8,10-11,18H,9H2,1-3H3. The Balaban J connectivity index is 2.34. The van der Waals surface area contributed by atoms with E-state index in [4.69, 9.17) is 16.3 Å². The van der Waals surface area contributed by atoms with Gasteiger partial charge in [0.05, 0.1) is 7.11 Å². The number of nitrogens with one attached hydrogen (secondary N) is 1. The van der Waals surface area contributed by atoms with Crippen LogP contribution in [0.4, 0.5) is 0 Å². The summed E-state index contributed by atoms with van der Waals surface area (Å²) in [6, 6.07) is 10.2. The second kappa shape index (κ2) is 6.73. The predicted molar refractivity (Wildman–Crippen MR) is 83.2 cm³/mol. The zero-order valence-electron chi connectivity index (χ0n) is 12.0. The highest BCUT2D eigenvalue weighted by molar-refractivity contribution is 6.30. The SMILES string of the molecule is COc1ccc(-c2cc(Cl)ccc2CNC(C)C)cn1. The predicted octanol–water partition coefficient (Wildman–Crippen LogP) is 3.91. The number of methoxy groups -OCH3 is 1. The minimum Gasteiger partial charge on any atom is -0.481 e. The Morgan fingerprint density at radius 1 is 1.25 bits per heavy atom. The van der Waals surface area contributed by atoms with Gasteiger partial charge in [-0.05, 0) is 29.3 Å². The molecule has 0 amide bonds. The van der Waals surface area contributed by atoms with Crippen LogP contribution in [0.1, 0.15) is 19.4 Å². The summed E-state index contributed by atoms with van der Waals surface area (Å²) < 4.78 is 5.09. The summed E-state index contributed by atoms with van der Waals surface area (Å²) in [6.45, 7) is 5.06. The maximum absolute atomic E-state index is 6.12. The number of pyridine rings is 1. The van der Waals surface area contributed by atoms with Crippen molar-refractivity contribution in [2.24, 2.45) is 0 Å². The van der Waals surface area contributed by atoms with Crippen LogP contribution in [0.2, 0.25) is 5.02 Å². The molecule has 20 heavy (non-hydrogen) atoms. The number of aromatic nitrogens is 1. The molecule has 1 N–H and O–H groups in total. The molecule has 0 aliphatic heterocycles. The molecule has 3 nitrogen and oxygen atoms in total. The molecule has 0 unspecified atom stereocenters. The molecule has 0 saturated heterocycles. The normalized spacial score (nSPS) is 10.8. The molecule has 0 aliphatic rings. The van der Waals surface area contributed by atoms with Gasteiger partial charge in [-0.25, -0.2) is 4.98 Å². The van der Waals surface area contributed by atoms with Crippen molar-refractivity contribution in [1.29, 1.82) is 0 Å². The Morgan fingerprint density at radius 2 is 2.05 bits per heavy atom. The number of ether oxygens (including phenoxy) is 1. The van der Waals surface area contributed by atoms with Gasteiger partial charge >= 0.3 is 0 Å². The van der Waals surface area contributed by atoms with E-state index in [9.17, 15) is 0 Å². The molecule has 0 radical (unpaired) electrons. The molecule has 0 aliphatic carbocycles. The van der Waals surface area contributed by atoms with Crippen molar-refractivity contribution in [3.63, 3.8) is 0 Å². The lowest BCUT2D eigenvalue weighted by Gasteiger charge is -2.13. The maximum atomic E-state index is 6.12. The van der Waals surface area contributed by atoms with Crippen molar-refractivity contribution in [3.05, 3.63) is 47.1 Å². The molecular formula is C16H19ClN2O. The van der Waals surface area contributed by atoms with Crippen LogP contribution in [0.3, 0.4) is 0 Å². The van der Waals surface area contributed by atoms with Gasteiger partial charge in [-0.1, -0.05) is 31.5 Å². The number of rotatable bonds is 5. The van der Waals surface area contributed by atoms with Gasteiger partial charge in [0.25, 0.3) is 0 Å². The summed E-state index contributed by atoms with van der Waals surface area (Å²) in [5, 5.41) is 4.15. The fourth-order valence-corrected chi connectivity index (χ4v) is 2.12. The van der Waals surface area contributed by atoms with Crippen LogP contribution >= 0.6 is 11.6 Å². The summed E-state index contributed by atoms with van der Waals surface area (Å²) in [7, 11) is 1.61. The molecule has 4 heteroatoms. The first-order valence-corrected chi connectivity index (χ1v) is 7.00. The molecule has 0 spiro atoms. The maximum Gasteiger partial charge on any atom is 0.212 e. The highest BCUT2D eigenvalue weighted by Gasteiger charge is 2.07. The average Bonchev–Trinajstić information content (AvgIpc) is 2.46. The molecule has 106 valence electrons. The Bertz CT molecular complexity index is 567. The van der Waals surface area contributed by atoms with Crippen molar-refractivity contribution in [2.45, 2.75) is 26.4 Å². The molecular weight excluding hydrogens is 272 g/mol. The van der Waals surface area contributed by atoms with E-state index < -0.39 is 0 Å². The van der Waals surface area contributed by atoms with Gasteiger partial charge in [-0.15, -0.1) is 0 Å². The Hall–Kier alpha value is -1.58. The number of hydrogen-bond donors (Lipinski definition) is 1. The summed E-state index contributed by atoms with van der Waals surface area (Å²) in [5.41, 5.74) is 3.34. The van der Waals surface area contributed by atoms with E-state index in [0.29, 0.717) is 11.9 Å². The average molecular weight is 291 g/mol. The molecule has 2 rings (SSSR count). The lowest BCUT2D eigenvalue weighted by atomic mass is 10.0. The smallest absolute Gasteiger partial charge is 0.212 e. The molecule has 0 saturated carbocycles. The van der Waals surface area contributed by atoms with Gasteiger partial charge in [0.15, 0.2) is 0 Å². The summed E-state index contributed by atoms with van der Waals surface area (Å²) in [4.78, 5) is 4.25. The van der Waals surface area contributed by atoms with Crippen molar-refractivity contribution < 1.29 is 4.74 Å². The molecule has 0 fully saturated rings. The number of nitrogens with zero attached hydrogens (tertiary/aromatic N) is 1. The molecule has 1 aromatic heterocycles. The molecule has 0 atom stereocenters. The monoisotopic (exact) mass is 290 g/mol. The lowest BCUT2D eigenvalue weighted by Crippen LogP contribution is -2.22. The van der Waals surface area contributed by atoms with Crippen LogP contribution in [-0.4, -0.2) is 18.1 Å². The Labute approximate surface area is 124 Å². The van der Waals surface area contributed by atoms with E-state index >= 15 is 0 Å². The van der Waals surface area contributed by atoms with Gasteiger partial charge in [-0.2, -0.15) is 0 Å². The third-order valence-electron chi connectivity index (χ3n) is 3.03. The second-order valence-corrected chi connectivity index (χ2v) is 5.36. The van der Waals surface area contributed by atoms with Gasteiger partial charge in [-0.3, -0.25) is 0 Å². The largest absolute Gasteiger partial charge is 0.481 e. The zero-order valence-corrected chi connectivity index (χ0v) is 12.7. The summed E-state index contributed by atoms with van der Waals surface area (Å²) >= 11 is 6.12. The number of benzene rings is 1. The van der Waals surface area contributed by atoms with Gasteiger partial charge < -0.3 is 10.1 Å². The van der Waals surface area contributed by atoms with E-state index in [1.165, 1.54) is 5.56 Å². The summed E-state index contributed by atoms with van der Waals surface area (Å²) in [6.07, 6.45) is 1.81. The van der Waals surface area contributed by atoms with E-state index in [0.717, 1.165) is 22.7 Å². The van der Waals surface area contributed by atoms with Gasteiger partial charge in [0, 0.05) is 35.4 Å². The quantitative estimate of drug-likeness (QED) is 0.906. The van der Waals surface area contributed by atoms with Crippen molar-refractivity contribution in [2.75, 3.05) is 7.11 Å². The second-order valence-electron chi connectivity index (χ2n) is 4.93. The van der Waals surface area contributed by atoms with Gasteiger partial charge in [0.1, 0.15) is 0 Å². The molecule has 1 aromatic carbocycles. The van der Waals surface area contributed by atoms with Crippen LogP contribution < -0.4 is 10.1 Å². The van der Waals surface area contributed by atoms with Crippen LogP contribution in [0, 0.1) is 0 Å². The third-order valence-corrected chi connectivity index (χ3v) is 3.26. The minimum atomic E-state index is 0.438. The third kappa shape index (κ3) is 3.71. The van der Waals surface area contributed by atoms with Crippen LogP contribution in [0.5, 0.6) is 5.88 Å². The Morgan fingerprint density at radius 3 is 2.65 bits per heavy atom.